The highest BCUT2D eigenvalue weighted by Crippen LogP contribution is 2.25. The fourth-order valence-corrected chi connectivity index (χ4v) is 4.62. The van der Waals surface area contributed by atoms with E-state index in [1.807, 2.05) is 6.08 Å². The lowest BCUT2D eigenvalue weighted by Gasteiger charge is -2.26. The molecule has 29 heavy (non-hydrogen) atoms. The predicted molar refractivity (Wildman–Crippen MR) is 118 cm³/mol. The molecule has 158 valence electrons. The van der Waals surface area contributed by atoms with E-state index in [0.717, 1.165) is 19.3 Å². The zero-order valence-electron chi connectivity index (χ0n) is 16.7. The summed E-state index contributed by atoms with van der Waals surface area (Å²) in [6.45, 7) is 2.82. The number of nitrogens with one attached hydrogen (secondary N) is 4. The molecule has 2 aliphatic carbocycles. The molecule has 2 aliphatic rings. The third-order valence-corrected chi connectivity index (χ3v) is 6.58. The van der Waals surface area contributed by atoms with Gasteiger partial charge in [-0.25, -0.2) is 4.79 Å². The summed E-state index contributed by atoms with van der Waals surface area (Å²) in [6.07, 6.45) is 13.7. The van der Waals surface area contributed by atoms with Crippen LogP contribution in [0.25, 0.3) is 0 Å². The molecule has 1 aromatic heterocycles. The first-order valence-electron chi connectivity index (χ1n) is 10.3. The maximum absolute atomic E-state index is 12.9. The Hall–Kier alpha value is -2.00. The van der Waals surface area contributed by atoms with Crippen LogP contribution >= 0.6 is 23.6 Å². The van der Waals surface area contributed by atoms with Crippen molar-refractivity contribution in [3.8, 4) is 0 Å². The molecule has 9 heteroatoms. The molecule has 1 aromatic rings. The molecular weight excluding hydrogens is 406 g/mol. The lowest BCUT2D eigenvalue weighted by molar-refractivity contribution is -0.123. The summed E-state index contributed by atoms with van der Waals surface area (Å²) in [6, 6.07) is -1.09. The topological polar surface area (TPSA) is 98.9 Å². The number of hydrogen-bond donors (Lipinski definition) is 4. The number of urea groups is 1. The van der Waals surface area contributed by atoms with Crippen molar-refractivity contribution in [1.82, 2.24) is 20.8 Å². The van der Waals surface area contributed by atoms with Gasteiger partial charge in [-0.2, -0.15) is 0 Å². The van der Waals surface area contributed by atoms with Crippen molar-refractivity contribution in [3.05, 3.63) is 27.8 Å². The third kappa shape index (κ3) is 6.78. The van der Waals surface area contributed by atoms with Gasteiger partial charge in [-0.3, -0.25) is 15.2 Å². The minimum Gasteiger partial charge on any atom is -0.354 e. The van der Waals surface area contributed by atoms with Crippen molar-refractivity contribution in [2.45, 2.75) is 57.9 Å². The largest absolute Gasteiger partial charge is 0.354 e. The highest BCUT2D eigenvalue weighted by atomic mass is 32.1. The van der Waals surface area contributed by atoms with Gasteiger partial charge in [-0.15, -0.1) is 5.10 Å². The summed E-state index contributed by atoms with van der Waals surface area (Å²) in [4.78, 5) is 25.4. The van der Waals surface area contributed by atoms with Gasteiger partial charge in [0.25, 0.3) is 0 Å². The van der Waals surface area contributed by atoms with Crippen LogP contribution in [0, 0.1) is 15.8 Å². The van der Waals surface area contributed by atoms with Crippen LogP contribution in [0.2, 0.25) is 0 Å². The summed E-state index contributed by atoms with van der Waals surface area (Å²) in [5, 5.41) is 15.5. The van der Waals surface area contributed by atoms with Gasteiger partial charge in [0.15, 0.2) is 3.95 Å². The van der Waals surface area contributed by atoms with Crippen molar-refractivity contribution >= 4 is 40.6 Å². The predicted octanol–water partition coefficient (Wildman–Crippen LogP) is 4.30. The number of H-pyrrole nitrogens is 1. The van der Waals surface area contributed by atoms with E-state index in [4.69, 9.17) is 12.2 Å². The Kier molecular flexibility index (Phi) is 8.00. The Morgan fingerprint density at radius 2 is 2.14 bits per heavy atom. The first-order valence-corrected chi connectivity index (χ1v) is 11.5. The molecule has 0 bridgehead atoms. The molecule has 7 nitrogen and oxygen atoms in total. The highest BCUT2D eigenvalue weighted by molar-refractivity contribution is 7.73. The highest BCUT2D eigenvalue weighted by Gasteiger charge is 2.25. The third-order valence-electron chi connectivity index (χ3n) is 5.58. The lowest BCUT2D eigenvalue weighted by Crippen LogP contribution is -2.49. The van der Waals surface area contributed by atoms with Crippen LogP contribution in [0.1, 0.15) is 51.9 Å². The Labute approximate surface area is 180 Å². The fraction of sp³-hybridized carbons (Fsp3) is 0.600. The van der Waals surface area contributed by atoms with Gasteiger partial charge >= 0.3 is 6.03 Å². The zero-order valence-corrected chi connectivity index (χ0v) is 18.3. The van der Waals surface area contributed by atoms with Crippen LogP contribution in [0.15, 0.2) is 23.8 Å². The average Bonchev–Trinajstić information content (AvgIpc) is 3.12. The second-order valence-corrected chi connectivity index (χ2v) is 9.49. The normalized spacial score (nSPS) is 20.6. The summed E-state index contributed by atoms with van der Waals surface area (Å²) < 4.78 is 0.482. The summed E-state index contributed by atoms with van der Waals surface area (Å²) >= 11 is 6.16. The second kappa shape index (κ2) is 10.7. The van der Waals surface area contributed by atoms with Gasteiger partial charge < -0.3 is 10.6 Å². The summed E-state index contributed by atoms with van der Waals surface area (Å²) in [5.41, 5.74) is 1.17. The number of amides is 3. The molecule has 3 amide bonds. The second-order valence-electron chi connectivity index (χ2n) is 7.83. The maximum Gasteiger partial charge on any atom is 0.321 e. The summed E-state index contributed by atoms with van der Waals surface area (Å²) in [5.74, 6) is 0.757. The molecule has 3 rings (SSSR count). The van der Waals surface area contributed by atoms with E-state index in [0.29, 0.717) is 33.9 Å². The number of allylic oxidation sites excluding steroid dienone is 3. The number of hydrogen-bond acceptors (Lipinski definition) is 5. The molecule has 2 unspecified atom stereocenters. The molecule has 1 fully saturated rings. The smallest absolute Gasteiger partial charge is 0.321 e. The first-order chi connectivity index (χ1) is 14.0. The SMILES string of the molecule is CC1CC=CC=C1CC(NC(=O)Nc1n[nH]c(=S)s1)C(=O)NCC1CCCCC1. The van der Waals surface area contributed by atoms with Crippen molar-refractivity contribution in [1.29, 1.82) is 0 Å². The number of carbonyl (C=O) groups is 2. The molecule has 2 atom stereocenters. The average molecular weight is 436 g/mol. The standard InChI is InChI=1S/C20H29N5O2S2/c1-13-7-5-6-10-15(13)11-16(17(26)21-12-14-8-3-2-4-9-14)22-18(27)23-19-24-25-20(28)29-19/h5-6,10,13-14,16H,2-4,7-9,11-12H2,1H3,(H,21,26)(H,25,28)(H2,22,23,24,27). The van der Waals surface area contributed by atoms with Crippen LogP contribution in [0.4, 0.5) is 9.93 Å². The number of anilines is 1. The summed E-state index contributed by atoms with van der Waals surface area (Å²) in [7, 11) is 0. The Morgan fingerprint density at radius 3 is 2.83 bits per heavy atom. The molecule has 0 spiro atoms. The monoisotopic (exact) mass is 435 g/mol. The van der Waals surface area contributed by atoms with Gasteiger partial charge in [0.1, 0.15) is 6.04 Å². The number of carbonyl (C=O) groups excluding carboxylic acids is 2. The van der Waals surface area contributed by atoms with Gasteiger partial charge in [-0.1, -0.05) is 61.3 Å². The molecule has 0 radical (unpaired) electrons. The molecular formula is C20H29N5O2S2. The van der Waals surface area contributed by atoms with Crippen LogP contribution in [0.3, 0.4) is 0 Å². The minimum absolute atomic E-state index is 0.136. The Morgan fingerprint density at radius 1 is 1.34 bits per heavy atom. The van der Waals surface area contributed by atoms with Crippen LogP contribution in [-0.2, 0) is 4.79 Å². The maximum atomic E-state index is 12.9. The molecule has 0 aromatic carbocycles. The fourth-order valence-electron chi connectivity index (χ4n) is 3.84. The van der Waals surface area contributed by atoms with E-state index < -0.39 is 12.1 Å². The van der Waals surface area contributed by atoms with E-state index in [2.05, 4.69) is 45.2 Å². The Bertz CT molecular complexity index is 823. The molecule has 4 N–H and O–H groups in total. The van der Waals surface area contributed by atoms with Crippen molar-refractivity contribution < 1.29 is 9.59 Å². The molecule has 1 saturated carbocycles. The zero-order chi connectivity index (χ0) is 20.6. The molecule has 0 saturated heterocycles. The van der Waals surface area contributed by atoms with Crippen LogP contribution in [-0.4, -0.2) is 34.7 Å². The van der Waals surface area contributed by atoms with E-state index in [1.165, 1.54) is 36.2 Å². The van der Waals surface area contributed by atoms with E-state index in [9.17, 15) is 9.59 Å². The van der Waals surface area contributed by atoms with Crippen LogP contribution in [0.5, 0.6) is 0 Å². The van der Waals surface area contributed by atoms with Gasteiger partial charge in [0.05, 0.1) is 0 Å². The van der Waals surface area contributed by atoms with E-state index in [1.54, 1.807) is 0 Å². The van der Waals surface area contributed by atoms with Crippen molar-refractivity contribution in [2.75, 3.05) is 11.9 Å². The lowest BCUT2D eigenvalue weighted by atomic mass is 9.88. The van der Waals surface area contributed by atoms with Gasteiger partial charge in [0.2, 0.25) is 11.0 Å². The van der Waals surface area contributed by atoms with Gasteiger partial charge in [0, 0.05) is 6.54 Å². The first kappa shape index (κ1) is 21.7. The number of rotatable bonds is 7. The number of aromatic amines is 1. The minimum atomic E-state index is -0.634. The number of nitrogens with zero attached hydrogens (tertiary/aromatic N) is 1. The molecule has 1 heterocycles. The quantitative estimate of drug-likeness (QED) is 0.480. The van der Waals surface area contributed by atoms with E-state index >= 15 is 0 Å². The Balaban J connectivity index is 1.62. The van der Waals surface area contributed by atoms with Crippen LogP contribution < -0.4 is 16.0 Å². The number of aromatic nitrogens is 2. The van der Waals surface area contributed by atoms with Crippen molar-refractivity contribution in [3.63, 3.8) is 0 Å². The van der Waals surface area contributed by atoms with Crippen molar-refractivity contribution in [2.24, 2.45) is 11.8 Å². The van der Waals surface area contributed by atoms with E-state index in [-0.39, 0.29) is 5.91 Å². The molecule has 0 aliphatic heterocycles. The van der Waals surface area contributed by atoms with Gasteiger partial charge in [-0.05, 0) is 49.7 Å².